The average Bonchev–Trinajstić information content (AvgIpc) is 3.08. The lowest BCUT2D eigenvalue weighted by molar-refractivity contribution is 0.532. The van der Waals surface area contributed by atoms with Gasteiger partial charge in [0.15, 0.2) is 0 Å². The SMILES string of the molecule is CN(CCC1CCNC1)c1cc(NC2CC2)ncn1. The Hall–Kier alpha value is -1.36. The van der Waals surface area contributed by atoms with Crippen LogP contribution in [0.3, 0.4) is 0 Å². The lowest BCUT2D eigenvalue weighted by Gasteiger charge is -2.20. The molecule has 1 aliphatic heterocycles. The molecule has 0 bridgehead atoms. The topological polar surface area (TPSA) is 53.1 Å². The fourth-order valence-corrected chi connectivity index (χ4v) is 2.52. The highest BCUT2D eigenvalue weighted by molar-refractivity contribution is 5.48. The van der Waals surface area contributed by atoms with E-state index in [9.17, 15) is 0 Å². The van der Waals surface area contributed by atoms with Crippen molar-refractivity contribution in [2.75, 3.05) is 36.9 Å². The first-order chi connectivity index (χ1) is 9.31. The molecular formula is C14H23N5. The van der Waals surface area contributed by atoms with Gasteiger partial charge in [0.2, 0.25) is 0 Å². The van der Waals surface area contributed by atoms with Crippen LogP contribution in [0.25, 0.3) is 0 Å². The second-order valence-electron chi connectivity index (χ2n) is 5.75. The molecule has 1 unspecified atom stereocenters. The van der Waals surface area contributed by atoms with Gasteiger partial charge in [0.25, 0.3) is 0 Å². The number of aromatic nitrogens is 2. The summed E-state index contributed by atoms with van der Waals surface area (Å²) in [5, 5.41) is 6.84. The Morgan fingerprint density at radius 2 is 2.26 bits per heavy atom. The summed E-state index contributed by atoms with van der Waals surface area (Å²) >= 11 is 0. The molecule has 104 valence electrons. The summed E-state index contributed by atoms with van der Waals surface area (Å²) in [6.07, 6.45) is 6.74. The third kappa shape index (κ3) is 3.56. The van der Waals surface area contributed by atoms with Crippen LogP contribution in [0.15, 0.2) is 12.4 Å². The maximum Gasteiger partial charge on any atom is 0.133 e. The smallest absolute Gasteiger partial charge is 0.133 e. The largest absolute Gasteiger partial charge is 0.367 e. The zero-order valence-corrected chi connectivity index (χ0v) is 11.6. The van der Waals surface area contributed by atoms with Crippen molar-refractivity contribution in [1.29, 1.82) is 0 Å². The number of hydrogen-bond donors (Lipinski definition) is 2. The van der Waals surface area contributed by atoms with Gasteiger partial charge in [-0.25, -0.2) is 9.97 Å². The second kappa shape index (κ2) is 5.74. The van der Waals surface area contributed by atoms with Crippen LogP contribution in [0, 0.1) is 5.92 Å². The molecule has 2 fully saturated rings. The maximum atomic E-state index is 4.37. The number of nitrogens with one attached hydrogen (secondary N) is 2. The molecule has 5 nitrogen and oxygen atoms in total. The molecule has 1 aliphatic carbocycles. The van der Waals surface area contributed by atoms with E-state index in [4.69, 9.17) is 0 Å². The van der Waals surface area contributed by atoms with E-state index in [1.54, 1.807) is 6.33 Å². The molecule has 1 aromatic rings. The maximum absolute atomic E-state index is 4.37. The zero-order chi connectivity index (χ0) is 13.1. The Kier molecular flexibility index (Phi) is 3.82. The summed E-state index contributed by atoms with van der Waals surface area (Å²) in [6, 6.07) is 2.70. The van der Waals surface area contributed by atoms with Gasteiger partial charge < -0.3 is 15.5 Å². The van der Waals surface area contributed by atoms with Gasteiger partial charge in [-0.05, 0) is 44.7 Å². The Balaban J connectivity index is 1.53. The van der Waals surface area contributed by atoms with Crippen molar-refractivity contribution in [2.24, 2.45) is 5.92 Å². The van der Waals surface area contributed by atoms with E-state index in [2.05, 4.69) is 38.6 Å². The Bertz CT molecular complexity index is 412. The van der Waals surface area contributed by atoms with E-state index in [1.807, 2.05) is 0 Å². The minimum absolute atomic E-state index is 0.637. The molecule has 2 heterocycles. The predicted octanol–water partition coefficient (Wildman–Crippen LogP) is 1.49. The third-order valence-electron chi connectivity index (χ3n) is 4.01. The van der Waals surface area contributed by atoms with Crippen LogP contribution in [0.1, 0.15) is 25.7 Å². The van der Waals surface area contributed by atoms with Crippen molar-refractivity contribution in [1.82, 2.24) is 15.3 Å². The van der Waals surface area contributed by atoms with Crippen LogP contribution in [0.5, 0.6) is 0 Å². The summed E-state index contributed by atoms with van der Waals surface area (Å²) in [4.78, 5) is 10.9. The van der Waals surface area contributed by atoms with Gasteiger partial charge in [0.1, 0.15) is 18.0 Å². The molecule has 1 atom stereocenters. The molecule has 2 aliphatic rings. The van der Waals surface area contributed by atoms with Crippen molar-refractivity contribution in [3.63, 3.8) is 0 Å². The zero-order valence-electron chi connectivity index (χ0n) is 11.6. The van der Waals surface area contributed by atoms with Crippen molar-refractivity contribution in [2.45, 2.75) is 31.7 Å². The van der Waals surface area contributed by atoms with Gasteiger partial charge >= 0.3 is 0 Å². The normalized spacial score (nSPS) is 22.5. The number of nitrogens with zero attached hydrogens (tertiary/aromatic N) is 3. The first kappa shape index (κ1) is 12.7. The van der Waals surface area contributed by atoms with E-state index in [1.165, 1.54) is 38.8 Å². The molecule has 2 N–H and O–H groups in total. The fraction of sp³-hybridized carbons (Fsp3) is 0.714. The van der Waals surface area contributed by atoms with E-state index in [0.717, 1.165) is 24.1 Å². The highest BCUT2D eigenvalue weighted by atomic mass is 15.2. The number of anilines is 2. The molecular weight excluding hydrogens is 238 g/mol. The summed E-state index contributed by atoms with van der Waals surface area (Å²) in [5.41, 5.74) is 0. The molecule has 0 spiro atoms. The van der Waals surface area contributed by atoms with Gasteiger partial charge in [0, 0.05) is 25.7 Å². The predicted molar refractivity (Wildman–Crippen MR) is 77.5 cm³/mol. The van der Waals surface area contributed by atoms with Crippen LogP contribution in [0.2, 0.25) is 0 Å². The molecule has 0 amide bonds. The van der Waals surface area contributed by atoms with Crippen LogP contribution >= 0.6 is 0 Å². The second-order valence-corrected chi connectivity index (χ2v) is 5.75. The quantitative estimate of drug-likeness (QED) is 0.812. The molecule has 19 heavy (non-hydrogen) atoms. The lowest BCUT2D eigenvalue weighted by atomic mass is 10.1. The molecule has 3 rings (SSSR count). The van der Waals surface area contributed by atoms with Crippen molar-refractivity contribution in [3.8, 4) is 0 Å². The van der Waals surface area contributed by atoms with Crippen LogP contribution < -0.4 is 15.5 Å². The van der Waals surface area contributed by atoms with Crippen LogP contribution in [0.4, 0.5) is 11.6 Å². The van der Waals surface area contributed by atoms with Crippen LogP contribution in [-0.2, 0) is 0 Å². The minimum Gasteiger partial charge on any atom is -0.367 e. The Labute approximate surface area is 114 Å². The van der Waals surface area contributed by atoms with Gasteiger partial charge in [-0.2, -0.15) is 0 Å². The lowest BCUT2D eigenvalue weighted by Crippen LogP contribution is -2.23. The monoisotopic (exact) mass is 261 g/mol. The summed E-state index contributed by atoms with van der Waals surface area (Å²) in [5.74, 6) is 2.80. The summed E-state index contributed by atoms with van der Waals surface area (Å²) < 4.78 is 0. The third-order valence-corrected chi connectivity index (χ3v) is 4.01. The van der Waals surface area contributed by atoms with Crippen molar-refractivity contribution < 1.29 is 0 Å². The van der Waals surface area contributed by atoms with E-state index < -0.39 is 0 Å². The number of rotatable bonds is 6. The first-order valence-electron chi connectivity index (χ1n) is 7.32. The van der Waals surface area contributed by atoms with Gasteiger partial charge in [-0.15, -0.1) is 0 Å². The average molecular weight is 261 g/mol. The summed E-state index contributed by atoms with van der Waals surface area (Å²) in [6.45, 7) is 3.41. The highest BCUT2D eigenvalue weighted by Gasteiger charge is 2.21. The molecule has 1 aromatic heterocycles. The molecule has 0 radical (unpaired) electrons. The van der Waals surface area contributed by atoms with Gasteiger partial charge in [-0.1, -0.05) is 0 Å². The standard InChI is InChI=1S/C14H23N5/c1-19(7-5-11-4-6-15-9-11)14-8-13(16-10-17-14)18-12-2-3-12/h8,10-12,15H,2-7,9H2,1H3,(H,16,17,18). The molecule has 0 aromatic carbocycles. The first-order valence-corrected chi connectivity index (χ1v) is 7.32. The highest BCUT2D eigenvalue weighted by Crippen LogP contribution is 2.24. The van der Waals surface area contributed by atoms with E-state index >= 15 is 0 Å². The van der Waals surface area contributed by atoms with E-state index in [-0.39, 0.29) is 0 Å². The Morgan fingerprint density at radius 1 is 1.37 bits per heavy atom. The molecule has 5 heteroatoms. The number of hydrogen-bond acceptors (Lipinski definition) is 5. The fourth-order valence-electron chi connectivity index (χ4n) is 2.52. The van der Waals surface area contributed by atoms with E-state index in [0.29, 0.717) is 6.04 Å². The molecule has 1 saturated heterocycles. The van der Waals surface area contributed by atoms with Crippen molar-refractivity contribution in [3.05, 3.63) is 12.4 Å². The summed E-state index contributed by atoms with van der Waals surface area (Å²) in [7, 11) is 2.12. The van der Waals surface area contributed by atoms with Gasteiger partial charge in [0.05, 0.1) is 0 Å². The van der Waals surface area contributed by atoms with Gasteiger partial charge in [-0.3, -0.25) is 0 Å². The van der Waals surface area contributed by atoms with Crippen LogP contribution in [-0.4, -0.2) is 42.7 Å². The van der Waals surface area contributed by atoms with Crippen molar-refractivity contribution >= 4 is 11.6 Å². The molecule has 1 saturated carbocycles. The minimum atomic E-state index is 0.637. The Morgan fingerprint density at radius 3 is 3.00 bits per heavy atom.